The number of primary amides is 1. The van der Waals surface area contributed by atoms with Crippen LogP contribution >= 0.6 is 0 Å². The minimum absolute atomic E-state index is 0.0487. The number of benzene rings is 2. The van der Waals surface area contributed by atoms with E-state index in [2.05, 4.69) is 20.5 Å². The number of methoxy groups -OCH3 is 1. The van der Waals surface area contributed by atoms with E-state index in [1.807, 2.05) is 12.1 Å². The number of hydrogen-bond donors (Lipinski definition) is 3. The van der Waals surface area contributed by atoms with Crippen molar-refractivity contribution in [3.63, 3.8) is 0 Å². The molecule has 0 radical (unpaired) electrons. The molecule has 3 aromatic rings. The predicted molar refractivity (Wildman–Crippen MR) is 104 cm³/mol. The number of aromatic nitrogens is 2. The molecule has 0 spiro atoms. The quantitative estimate of drug-likeness (QED) is 0.326. The zero-order valence-corrected chi connectivity index (χ0v) is 14.7. The van der Waals surface area contributed by atoms with Crippen LogP contribution in [0, 0.1) is 10.1 Å². The van der Waals surface area contributed by atoms with Gasteiger partial charge >= 0.3 is 0 Å². The van der Waals surface area contributed by atoms with Crippen LogP contribution in [0.25, 0.3) is 0 Å². The molecule has 0 atom stereocenters. The molecule has 0 saturated carbocycles. The molecule has 0 aliphatic heterocycles. The van der Waals surface area contributed by atoms with Gasteiger partial charge in [-0.1, -0.05) is 12.1 Å². The summed E-state index contributed by atoms with van der Waals surface area (Å²) in [5.41, 5.74) is 6.70. The molecule has 0 aliphatic carbocycles. The molecule has 1 heterocycles. The number of ether oxygens (including phenoxy) is 1. The van der Waals surface area contributed by atoms with Gasteiger partial charge in [-0.2, -0.15) is 5.10 Å². The summed E-state index contributed by atoms with van der Waals surface area (Å²) in [5.74, 6) is 0.216. The highest BCUT2D eigenvalue weighted by Gasteiger charge is 2.18. The number of nitrogens with two attached hydrogens (primary N) is 1. The molecule has 142 valence electrons. The lowest BCUT2D eigenvalue weighted by Gasteiger charge is -2.05. The number of carbonyl (C=O) groups excluding carboxylic acids is 1. The van der Waals surface area contributed by atoms with Crippen molar-refractivity contribution in [3.8, 4) is 5.75 Å². The van der Waals surface area contributed by atoms with Crippen molar-refractivity contribution >= 4 is 35.1 Å². The lowest BCUT2D eigenvalue weighted by Crippen LogP contribution is -2.12. The molecule has 4 N–H and O–H groups in total. The van der Waals surface area contributed by atoms with Crippen LogP contribution in [-0.2, 0) is 0 Å². The predicted octanol–water partition coefficient (Wildman–Crippen LogP) is 2.92. The van der Waals surface area contributed by atoms with Crippen LogP contribution in [-0.4, -0.2) is 34.4 Å². The Hall–Kier alpha value is -4.21. The smallest absolute Gasteiger partial charge is 0.269 e. The van der Waals surface area contributed by atoms with Gasteiger partial charge in [0.25, 0.3) is 11.6 Å². The van der Waals surface area contributed by atoms with E-state index in [0.717, 1.165) is 0 Å². The van der Waals surface area contributed by atoms with Crippen molar-refractivity contribution in [2.75, 3.05) is 12.4 Å². The fourth-order valence-electron chi connectivity index (χ4n) is 2.46. The molecular weight excluding hydrogens is 364 g/mol. The van der Waals surface area contributed by atoms with Gasteiger partial charge in [-0.25, -0.2) is 4.99 Å². The summed E-state index contributed by atoms with van der Waals surface area (Å²) >= 11 is 0. The number of nitrogens with zero attached hydrogens (tertiary/aromatic N) is 3. The monoisotopic (exact) mass is 380 g/mol. The molecule has 28 heavy (non-hydrogen) atoms. The number of nitro benzene ring substituents is 1. The third-order valence-corrected chi connectivity index (χ3v) is 3.81. The number of anilines is 2. The van der Waals surface area contributed by atoms with Crippen molar-refractivity contribution in [3.05, 3.63) is 69.8 Å². The molecule has 3 rings (SSSR count). The second-order valence-corrected chi connectivity index (χ2v) is 5.59. The molecule has 10 heteroatoms. The number of para-hydroxylation sites is 1. The Morgan fingerprint density at radius 1 is 1.29 bits per heavy atom. The van der Waals surface area contributed by atoms with Crippen LogP contribution in [0.2, 0.25) is 0 Å². The molecule has 10 nitrogen and oxygen atoms in total. The van der Waals surface area contributed by atoms with Gasteiger partial charge in [0.1, 0.15) is 17.1 Å². The molecular formula is C18H16N6O4. The van der Waals surface area contributed by atoms with E-state index in [4.69, 9.17) is 10.5 Å². The second kappa shape index (κ2) is 7.99. The summed E-state index contributed by atoms with van der Waals surface area (Å²) in [6.07, 6.45) is 1.51. The molecule has 0 unspecified atom stereocenters. The lowest BCUT2D eigenvalue weighted by molar-refractivity contribution is -0.384. The largest absolute Gasteiger partial charge is 0.496 e. The fraction of sp³-hybridized carbons (Fsp3) is 0.0556. The van der Waals surface area contributed by atoms with Gasteiger partial charge in [-0.05, 0) is 24.3 Å². The number of amides is 1. The highest BCUT2D eigenvalue weighted by Crippen LogP contribution is 2.27. The fourth-order valence-corrected chi connectivity index (χ4v) is 2.46. The van der Waals surface area contributed by atoms with Crippen molar-refractivity contribution in [1.29, 1.82) is 0 Å². The van der Waals surface area contributed by atoms with E-state index in [1.54, 1.807) is 19.2 Å². The van der Waals surface area contributed by atoms with Crippen molar-refractivity contribution in [2.45, 2.75) is 0 Å². The van der Waals surface area contributed by atoms with E-state index in [1.165, 1.54) is 30.5 Å². The SMILES string of the molecule is COc1ccccc1C=Nc1n[nH]c(Nc2ccc([N+](=O)[O-])cc2)c1C(N)=O. The Morgan fingerprint density at radius 2 is 2.00 bits per heavy atom. The van der Waals surface area contributed by atoms with Crippen LogP contribution < -0.4 is 15.8 Å². The molecule has 0 aliphatic rings. The van der Waals surface area contributed by atoms with Crippen LogP contribution in [0.3, 0.4) is 0 Å². The summed E-state index contributed by atoms with van der Waals surface area (Å²) < 4.78 is 5.25. The first kappa shape index (κ1) is 18.6. The zero-order valence-electron chi connectivity index (χ0n) is 14.7. The third-order valence-electron chi connectivity index (χ3n) is 3.81. The first-order valence-corrected chi connectivity index (χ1v) is 8.06. The molecule has 0 fully saturated rings. The summed E-state index contributed by atoms with van der Waals surface area (Å²) in [4.78, 5) is 26.4. The zero-order chi connectivity index (χ0) is 20.1. The number of rotatable bonds is 7. The van der Waals surface area contributed by atoms with Crippen LogP contribution in [0.1, 0.15) is 15.9 Å². The Morgan fingerprint density at radius 3 is 2.64 bits per heavy atom. The number of aliphatic imine (C=N–C) groups is 1. The third kappa shape index (κ3) is 3.96. The molecule has 2 aromatic carbocycles. The van der Waals surface area contributed by atoms with Crippen molar-refractivity contribution < 1.29 is 14.5 Å². The van der Waals surface area contributed by atoms with Crippen LogP contribution in [0.15, 0.2) is 53.5 Å². The van der Waals surface area contributed by atoms with Gasteiger partial charge in [-0.3, -0.25) is 20.0 Å². The number of nitro groups is 1. The van der Waals surface area contributed by atoms with E-state index in [0.29, 0.717) is 17.0 Å². The molecule has 0 bridgehead atoms. The number of carbonyl (C=O) groups is 1. The minimum Gasteiger partial charge on any atom is -0.496 e. The lowest BCUT2D eigenvalue weighted by atomic mass is 10.2. The first-order valence-electron chi connectivity index (χ1n) is 8.06. The number of nitrogens with one attached hydrogen (secondary N) is 2. The number of H-pyrrole nitrogens is 1. The van der Waals surface area contributed by atoms with Crippen molar-refractivity contribution in [1.82, 2.24) is 10.2 Å². The number of aromatic amines is 1. The van der Waals surface area contributed by atoms with Gasteiger partial charge in [0.2, 0.25) is 0 Å². The van der Waals surface area contributed by atoms with Crippen molar-refractivity contribution in [2.24, 2.45) is 10.7 Å². The Balaban J connectivity index is 1.88. The average molecular weight is 380 g/mol. The van der Waals surface area contributed by atoms with Gasteiger partial charge in [0.05, 0.1) is 12.0 Å². The second-order valence-electron chi connectivity index (χ2n) is 5.59. The summed E-state index contributed by atoms with van der Waals surface area (Å²) in [6, 6.07) is 12.9. The van der Waals surface area contributed by atoms with E-state index in [-0.39, 0.29) is 22.9 Å². The summed E-state index contributed by atoms with van der Waals surface area (Å²) in [5, 5.41) is 20.3. The standard InChI is InChI=1S/C18H16N6O4/c1-28-14-5-3-2-4-11(14)10-20-17-15(16(19)25)18(23-22-17)21-12-6-8-13(9-7-12)24(26)27/h2-10H,1H3,(H2,19,25)(H2,21,22,23). The average Bonchev–Trinajstić information content (AvgIpc) is 3.09. The highest BCUT2D eigenvalue weighted by atomic mass is 16.6. The topological polar surface area (TPSA) is 149 Å². The first-order chi connectivity index (χ1) is 13.5. The molecule has 0 saturated heterocycles. The summed E-state index contributed by atoms with van der Waals surface area (Å²) in [7, 11) is 1.54. The van der Waals surface area contributed by atoms with E-state index >= 15 is 0 Å². The highest BCUT2D eigenvalue weighted by molar-refractivity contribution is 6.03. The maximum Gasteiger partial charge on any atom is 0.269 e. The number of hydrogen-bond acceptors (Lipinski definition) is 7. The maximum absolute atomic E-state index is 11.9. The minimum atomic E-state index is -0.731. The summed E-state index contributed by atoms with van der Waals surface area (Å²) in [6.45, 7) is 0. The Bertz CT molecular complexity index is 1040. The van der Waals surface area contributed by atoms with Crippen LogP contribution in [0.4, 0.5) is 23.0 Å². The van der Waals surface area contributed by atoms with E-state index < -0.39 is 10.8 Å². The molecule has 1 aromatic heterocycles. The molecule has 1 amide bonds. The Kier molecular flexibility index (Phi) is 5.30. The normalized spacial score (nSPS) is 10.8. The Labute approximate surface area is 159 Å². The van der Waals surface area contributed by atoms with Gasteiger partial charge in [-0.15, -0.1) is 0 Å². The van der Waals surface area contributed by atoms with Gasteiger partial charge in [0, 0.05) is 29.6 Å². The van der Waals surface area contributed by atoms with Gasteiger partial charge in [0.15, 0.2) is 5.82 Å². The number of non-ortho nitro benzene ring substituents is 1. The maximum atomic E-state index is 11.9. The van der Waals surface area contributed by atoms with Crippen LogP contribution in [0.5, 0.6) is 5.75 Å². The van der Waals surface area contributed by atoms with E-state index in [9.17, 15) is 14.9 Å². The van der Waals surface area contributed by atoms with Gasteiger partial charge < -0.3 is 15.8 Å².